The highest BCUT2D eigenvalue weighted by Crippen LogP contribution is 2.17. The SMILES string of the molecule is C[n+]1cc(-c2ccccc2)cs1. The number of aryl methyl sites for hydroxylation is 1. The summed E-state index contributed by atoms with van der Waals surface area (Å²) in [6.45, 7) is 0. The summed E-state index contributed by atoms with van der Waals surface area (Å²) in [4.78, 5) is 0. The molecular weight excluding hydrogens is 166 g/mol. The van der Waals surface area contributed by atoms with E-state index in [1.807, 2.05) is 6.07 Å². The van der Waals surface area contributed by atoms with Crippen LogP contribution in [0.1, 0.15) is 0 Å². The molecule has 60 valence electrons. The summed E-state index contributed by atoms with van der Waals surface area (Å²) >= 11 is 1.72. The lowest BCUT2D eigenvalue weighted by Gasteiger charge is -1.90. The molecule has 0 aliphatic heterocycles. The molecule has 1 nitrogen and oxygen atoms in total. The average molecular weight is 176 g/mol. The van der Waals surface area contributed by atoms with Crippen LogP contribution in [-0.4, -0.2) is 0 Å². The highest BCUT2D eigenvalue weighted by atomic mass is 32.1. The fourth-order valence-corrected chi connectivity index (χ4v) is 1.82. The molecule has 0 saturated carbocycles. The third kappa shape index (κ3) is 1.38. The fraction of sp³-hybridized carbons (Fsp3) is 0.100. The Hall–Kier alpha value is -1.15. The molecule has 2 aromatic rings. The summed E-state index contributed by atoms with van der Waals surface area (Å²) in [6, 6.07) is 10.4. The van der Waals surface area contributed by atoms with E-state index < -0.39 is 0 Å². The monoisotopic (exact) mass is 176 g/mol. The van der Waals surface area contributed by atoms with Crippen LogP contribution in [0.3, 0.4) is 0 Å². The van der Waals surface area contributed by atoms with Crippen molar-refractivity contribution >= 4 is 11.5 Å². The van der Waals surface area contributed by atoms with E-state index in [2.05, 4.69) is 46.8 Å². The van der Waals surface area contributed by atoms with Gasteiger partial charge in [-0.25, -0.2) is 0 Å². The summed E-state index contributed by atoms with van der Waals surface area (Å²) in [5.41, 5.74) is 2.58. The summed E-state index contributed by atoms with van der Waals surface area (Å²) in [5, 5.41) is 2.16. The summed E-state index contributed by atoms with van der Waals surface area (Å²) in [7, 11) is 2.05. The Morgan fingerprint density at radius 2 is 1.83 bits per heavy atom. The molecule has 2 rings (SSSR count). The van der Waals surface area contributed by atoms with Crippen molar-refractivity contribution in [3.8, 4) is 11.1 Å². The number of benzene rings is 1. The van der Waals surface area contributed by atoms with Gasteiger partial charge in [-0.1, -0.05) is 30.3 Å². The van der Waals surface area contributed by atoms with E-state index in [-0.39, 0.29) is 0 Å². The van der Waals surface area contributed by atoms with Crippen molar-refractivity contribution in [1.82, 2.24) is 0 Å². The molecule has 0 spiro atoms. The van der Waals surface area contributed by atoms with Gasteiger partial charge in [0.1, 0.15) is 11.5 Å². The Labute approximate surface area is 76.1 Å². The fourth-order valence-electron chi connectivity index (χ4n) is 1.17. The first kappa shape index (κ1) is 7.50. The van der Waals surface area contributed by atoms with Crippen LogP contribution in [0.5, 0.6) is 0 Å². The minimum Gasteiger partial charge on any atom is -0.143 e. The van der Waals surface area contributed by atoms with Gasteiger partial charge in [-0.3, -0.25) is 0 Å². The maximum atomic E-state index is 2.16. The quantitative estimate of drug-likeness (QED) is 0.587. The average Bonchev–Trinajstić information content (AvgIpc) is 2.54. The van der Waals surface area contributed by atoms with Crippen LogP contribution in [0, 0.1) is 0 Å². The van der Waals surface area contributed by atoms with Crippen LogP contribution in [-0.2, 0) is 7.05 Å². The van der Waals surface area contributed by atoms with Crippen molar-refractivity contribution in [2.75, 3.05) is 0 Å². The lowest BCUT2D eigenvalue weighted by atomic mass is 10.1. The molecule has 1 aromatic heterocycles. The largest absolute Gasteiger partial charge is 0.191 e. The first-order valence-corrected chi connectivity index (χ1v) is 4.70. The Kier molecular flexibility index (Phi) is 1.92. The Balaban J connectivity index is 2.45. The van der Waals surface area contributed by atoms with Gasteiger partial charge < -0.3 is 0 Å². The van der Waals surface area contributed by atoms with Crippen LogP contribution < -0.4 is 3.96 Å². The van der Waals surface area contributed by atoms with Gasteiger partial charge in [0.15, 0.2) is 13.2 Å². The van der Waals surface area contributed by atoms with Crippen molar-refractivity contribution in [2.24, 2.45) is 7.05 Å². The van der Waals surface area contributed by atoms with Gasteiger partial charge in [-0.15, -0.1) is 3.96 Å². The zero-order valence-corrected chi connectivity index (χ0v) is 7.71. The van der Waals surface area contributed by atoms with E-state index in [9.17, 15) is 0 Å². The van der Waals surface area contributed by atoms with Crippen LogP contribution in [0.2, 0.25) is 0 Å². The minimum absolute atomic E-state index is 1.29. The zero-order chi connectivity index (χ0) is 8.39. The minimum atomic E-state index is 1.29. The van der Waals surface area contributed by atoms with E-state index in [0.29, 0.717) is 0 Å². The van der Waals surface area contributed by atoms with Crippen LogP contribution in [0.25, 0.3) is 11.1 Å². The molecule has 12 heavy (non-hydrogen) atoms. The maximum Gasteiger partial charge on any atom is 0.191 e. The molecule has 0 aliphatic carbocycles. The zero-order valence-electron chi connectivity index (χ0n) is 6.90. The second-order valence-electron chi connectivity index (χ2n) is 2.72. The second kappa shape index (κ2) is 3.07. The molecule has 0 saturated heterocycles. The molecule has 2 heteroatoms. The Bertz CT molecular complexity index is 364. The molecule has 0 N–H and O–H groups in total. The topological polar surface area (TPSA) is 3.88 Å². The molecule has 0 atom stereocenters. The van der Waals surface area contributed by atoms with Gasteiger partial charge in [0, 0.05) is 0 Å². The van der Waals surface area contributed by atoms with Crippen molar-refractivity contribution in [2.45, 2.75) is 0 Å². The van der Waals surface area contributed by atoms with Crippen LogP contribution in [0.15, 0.2) is 41.9 Å². The lowest BCUT2D eigenvalue weighted by molar-refractivity contribution is -0.600. The molecule has 1 heterocycles. The van der Waals surface area contributed by atoms with Gasteiger partial charge in [-0.2, -0.15) is 0 Å². The van der Waals surface area contributed by atoms with E-state index in [1.165, 1.54) is 11.1 Å². The number of aromatic nitrogens is 1. The highest BCUT2D eigenvalue weighted by Gasteiger charge is 2.03. The molecule has 0 aliphatic rings. The Morgan fingerprint density at radius 3 is 2.42 bits per heavy atom. The first-order valence-electron chi connectivity index (χ1n) is 3.86. The number of hydrogen-bond acceptors (Lipinski definition) is 1. The van der Waals surface area contributed by atoms with Gasteiger partial charge in [0.25, 0.3) is 0 Å². The van der Waals surface area contributed by atoms with Crippen LogP contribution in [0.4, 0.5) is 0 Å². The van der Waals surface area contributed by atoms with E-state index in [4.69, 9.17) is 0 Å². The van der Waals surface area contributed by atoms with Gasteiger partial charge >= 0.3 is 0 Å². The van der Waals surface area contributed by atoms with Crippen molar-refractivity contribution in [3.63, 3.8) is 0 Å². The van der Waals surface area contributed by atoms with Crippen LogP contribution >= 0.6 is 11.5 Å². The highest BCUT2D eigenvalue weighted by molar-refractivity contribution is 6.99. The van der Waals surface area contributed by atoms with Gasteiger partial charge in [0.05, 0.1) is 10.9 Å². The summed E-state index contributed by atoms with van der Waals surface area (Å²) < 4.78 is 2.10. The number of hydrogen-bond donors (Lipinski definition) is 0. The van der Waals surface area contributed by atoms with E-state index >= 15 is 0 Å². The molecule has 0 bridgehead atoms. The molecule has 0 amide bonds. The van der Waals surface area contributed by atoms with Crippen molar-refractivity contribution < 1.29 is 3.96 Å². The summed E-state index contributed by atoms with van der Waals surface area (Å²) in [5.74, 6) is 0. The smallest absolute Gasteiger partial charge is 0.143 e. The summed E-state index contributed by atoms with van der Waals surface area (Å²) in [6.07, 6.45) is 2.14. The predicted octanol–water partition coefficient (Wildman–Crippen LogP) is 2.24. The molecule has 0 unspecified atom stereocenters. The normalized spacial score (nSPS) is 10.1. The van der Waals surface area contributed by atoms with Crippen molar-refractivity contribution in [3.05, 3.63) is 41.9 Å². The Morgan fingerprint density at radius 1 is 1.08 bits per heavy atom. The van der Waals surface area contributed by atoms with E-state index in [1.54, 1.807) is 11.5 Å². The second-order valence-corrected chi connectivity index (χ2v) is 3.74. The first-order chi connectivity index (χ1) is 5.86. The van der Waals surface area contributed by atoms with Crippen molar-refractivity contribution in [1.29, 1.82) is 0 Å². The van der Waals surface area contributed by atoms with Gasteiger partial charge in [0.2, 0.25) is 0 Å². The predicted molar refractivity (Wildman–Crippen MR) is 50.9 cm³/mol. The molecule has 0 fully saturated rings. The standard InChI is InChI=1S/C10H10NS/c1-11-7-10(8-12-11)9-5-3-2-4-6-9/h2-8H,1H3/q+1. The third-order valence-corrected chi connectivity index (χ3v) is 2.57. The number of nitrogens with zero attached hydrogens (tertiary/aromatic N) is 1. The van der Waals surface area contributed by atoms with E-state index in [0.717, 1.165) is 0 Å². The number of rotatable bonds is 1. The third-order valence-electron chi connectivity index (χ3n) is 1.77. The molecule has 1 aromatic carbocycles. The maximum absolute atomic E-state index is 2.16. The molecular formula is C10H10NS+. The van der Waals surface area contributed by atoms with Gasteiger partial charge in [-0.05, 0) is 5.56 Å². The molecule has 0 radical (unpaired) electrons. The lowest BCUT2D eigenvalue weighted by Crippen LogP contribution is -2.19.